The average molecular weight is 517 g/mol. The van der Waals surface area contributed by atoms with E-state index in [0.29, 0.717) is 6.54 Å². The molecule has 110 valence electrons. The van der Waals surface area contributed by atoms with Crippen LogP contribution in [-0.4, -0.2) is 19.6 Å². The number of hydrogen-bond donors (Lipinski definition) is 2. The first kappa shape index (κ1) is 17.8. The molecule has 7 heteroatoms. The van der Waals surface area contributed by atoms with Gasteiger partial charge in [0.15, 0.2) is 5.96 Å². The highest BCUT2D eigenvalue weighted by Gasteiger charge is 2.01. The van der Waals surface area contributed by atoms with Crippen molar-refractivity contribution in [1.82, 2.24) is 10.6 Å². The van der Waals surface area contributed by atoms with Crippen molar-refractivity contribution in [3.8, 4) is 0 Å². The van der Waals surface area contributed by atoms with Gasteiger partial charge in [-0.25, -0.2) is 0 Å². The van der Waals surface area contributed by atoms with Gasteiger partial charge in [-0.15, -0.1) is 35.3 Å². The zero-order chi connectivity index (χ0) is 13.5. The summed E-state index contributed by atoms with van der Waals surface area (Å²) in [6.07, 6.45) is 4.42. The Labute approximate surface area is 153 Å². The molecule has 0 fully saturated rings. The third-order valence-electron chi connectivity index (χ3n) is 2.56. The summed E-state index contributed by atoms with van der Waals surface area (Å²) < 4.78 is 6.35. The summed E-state index contributed by atoms with van der Waals surface area (Å²) in [7, 11) is 1.78. The highest BCUT2D eigenvalue weighted by atomic mass is 127. The molecule has 2 rings (SSSR count). The molecule has 0 unspecified atom stereocenters. The maximum atomic E-state index is 5.02. The fraction of sp³-hybridized carbons (Fsp3) is 0.308. The first-order chi connectivity index (χ1) is 9.28. The lowest BCUT2D eigenvalue weighted by atomic mass is 10.3. The van der Waals surface area contributed by atoms with Crippen LogP contribution in [0.5, 0.6) is 0 Å². The number of furan rings is 1. The van der Waals surface area contributed by atoms with Crippen LogP contribution in [0.2, 0.25) is 0 Å². The van der Waals surface area contributed by atoms with Crippen LogP contribution in [0.4, 0.5) is 0 Å². The summed E-state index contributed by atoms with van der Waals surface area (Å²) in [5.41, 5.74) is 1.11. The number of guanidine groups is 1. The molecule has 0 saturated carbocycles. The number of halogens is 2. The predicted molar refractivity (Wildman–Crippen MR) is 103 cm³/mol. The predicted octanol–water partition coefficient (Wildman–Crippen LogP) is 3.47. The summed E-state index contributed by atoms with van der Waals surface area (Å²) in [6, 6.07) is 6.26. The first-order valence-corrected chi connectivity index (χ1v) is 7.87. The van der Waals surface area contributed by atoms with Crippen molar-refractivity contribution in [3.63, 3.8) is 0 Å². The van der Waals surface area contributed by atoms with E-state index in [2.05, 4.69) is 50.3 Å². The quantitative estimate of drug-likeness (QED) is 0.363. The Kier molecular flexibility index (Phi) is 8.53. The summed E-state index contributed by atoms with van der Waals surface area (Å²) in [4.78, 5) is 5.58. The van der Waals surface area contributed by atoms with Crippen molar-refractivity contribution < 1.29 is 4.42 Å². The molecular weight excluding hydrogens is 500 g/mol. The van der Waals surface area contributed by atoms with E-state index in [1.165, 1.54) is 7.76 Å². The van der Waals surface area contributed by atoms with Crippen LogP contribution >= 0.6 is 57.9 Å². The van der Waals surface area contributed by atoms with Crippen molar-refractivity contribution in [2.75, 3.05) is 13.6 Å². The van der Waals surface area contributed by atoms with Gasteiger partial charge in [0.1, 0.15) is 0 Å². The van der Waals surface area contributed by atoms with E-state index in [1.54, 1.807) is 19.6 Å². The van der Waals surface area contributed by atoms with E-state index in [4.69, 9.17) is 4.42 Å². The van der Waals surface area contributed by atoms with Crippen LogP contribution in [0, 0.1) is 2.88 Å². The molecule has 0 amide bonds. The molecule has 0 saturated heterocycles. The lowest BCUT2D eigenvalue weighted by Gasteiger charge is -2.10. The maximum Gasteiger partial charge on any atom is 0.191 e. The lowest BCUT2D eigenvalue weighted by Crippen LogP contribution is -2.37. The van der Waals surface area contributed by atoms with Gasteiger partial charge < -0.3 is 15.1 Å². The summed E-state index contributed by atoms with van der Waals surface area (Å²) >= 11 is 4.18. The minimum atomic E-state index is 0. The largest absolute Gasteiger partial charge is 0.472 e. The Morgan fingerprint density at radius 1 is 1.35 bits per heavy atom. The number of nitrogens with one attached hydrogen (secondary N) is 2. The fourth-order valence-electron chi connectivity index (χ4n) is 1.59. The van der Waals surface area contributed by atoms with Gasteiger partial charge in [0.05, 0.1) is 15.4 Å². The Morgan fingerprint density at radius 2 is 2.20 bits per heavy atom. The molecule has 0 atom stereocenters. The normalized spacial score (nSPS) is 11.0. The topological polar surface area (TPSA) is 49.6 Å². The standard InChI is InChI=1S/C13H16IN3OS.HI/c1-15-13(17-8-10-5-7-18-9-10)16-6-4-11-2-3-12(14)19-11;/h2-3,5,7,9H,4,6,8H2,1H3,(H2,15,16,17);1H. The smallest absolute Gasteiger partial charge is 0.191 e. The van der Waals surface area contributed by atoms with Crippen molar-refractivity contribution in [1.29, 1.82) is 0 Å². The molecule has 20 heavy (non-hydrogen) atoms. The Hall–Kier alpha value is -0.290. The Morgan fingerprint density at radius 3 is 2.80 bits per heavy atom. The van der Waals surface area contributed by atoms with Gasteiger partial charge in [0.25, 0.3) is 0 Å². The zero-order valence-corrected chi connectivity index (χ0v) is 16.4. The van der Waals surface area contributed by atoms with Crippen molar-refractivity contribution in [3.05, 3.63) is 44.0 Å². The van der Waals surface area contributed by atoms with E-state index in [1.807, 2.05) is 17.4 Å². The third-order valence-corrected chi connectivity index (χ3v) is 4.51. The summed E-state index contributed by atoms with van der Waals surface area (Å²) in [5, 5.41) is 6.55. The first-order valence-electron chi connectivity index (χ1n) is 5.98. The third kappa shape index (κ3) is 6.00. The number of thiophene rings is 1. The van der Waals surface area contributed by atoms with Crippen molar-refractivity contribution in [2.24, 2.45) is 4.99 Å². The molecule has 2 N–H and O–H groups in total. The number of nitrogens with zero attached hydrogens (tertiary/aromatic N) is 1. The maximum absolute atomic E-state index is 5.02. The minimum Gasteiger partial charge on any atom is -0.472 e. The number of rotatable bonds is 5. The summed E-state index contributed by atoms with van der Waals surface area (Å²) in [5.74, 6) is 0.812. The molecule has 2 aromatic rings. The van der Waals surface area contributed by atoms with Gasteiger partial charge in [-0.2, -0.15) is 0 Å². The van der Waals surface area contributed by atoms with Gasteiger partial charge in [-0.1, -0.05) is 0 Å². The highest BCUT2D eigenvalue weighted by Crippen LogP contribution is 2.18. The van der Waals surface area contributed by atoms with Gasteiger partial charge in [0.2, 0.25) is 0 Å². The van der Waals surface area contributed by atoms with Crippen LogP contribution in [0.1, 0.15) is 10.4 Å². The fourth-order valence-corrected chi connectivity index (χ4v) is 3.34. The molecule has 2 heterocycles. The van der Waals surface area contributed by atoms with E-state index < -0.39 is 0 Å². The Bertz CT molecular complexity index is 525. The number of hydrogen-bond acceptors (Lipinski definition) is 3. The second kappa shape index (κ2) is 9.61. The Balaban J connectivity index is 0.00000200. The van der Waals surface area contributed by atoms with Crippen LogP contribution in [0.3, 0.4) is 0 Å². The second-order valence-corrected chi connectivity index (χ2v) is 7.00. The molecular formula is C13H17I2N3OS. The van der Waals surface area contributed by atoms with Gasteiger partial charge in [0, 0.05) is 30.6 Å². The van der Waals surface area contributed by atoms with Crippen LogP contribution in [0.25, 0.3) is 0 Å². The van der Waals surface area contributed by atoms with Crippen molar-refractivity contribution >= 4 is 63.9 Å². The second-order valence-electron chi connectivity index (χ2n) is 3.94. The summed E-state index contributed by atoms with van der Waals surface area (Å²) in [6.45, 7) is 1.59. The average Bonchev–Trinajstić information content (AvgIpc) is 3.05. The molecule has 2 aromatic heterocycles. The molecule has 0 aromatic carbocycles. The van der Waals surface area contributed by atoms with Crippen LogP contribution in [-0.2, 0) is 13.0 Å². The van der Waals surface area contributed by atoms with E-state index >= 15 is 0 Å². The monoisotopic (exact) mass is 517 g/mol. The van der Waals surface area contributed by atoms with E-state index in [9.17, 15) is 0 Å². The highest BCUT2D eigenvalue weighted by molar-refractivity contribution is 14.1. The minimum absolute atomic E-state index is 0. The number of aliphatic imine (C=N–C) groups is 1. The molecule has 0 aliphatic carbocycles. The van der Waals surface area contributed by atoms with Gasteiger partial charge in [-0.05, 0) is 47.2 Å². The van der Waals surface area contributed by atoms with Crippen molar-refractivity contribution in [2.45, 2.75) is 13.0 Å². The zero-order valence-electron chi connectivity index (χ0n) is 11.1. The van der Waals surface area contributed by atoms with Crippen LogP contribution < -0.4 is 10.6 Å². The van der Waals surface area contributed by atoms with Crippen LogP contribution in [0.15, 0.2) is 40.1 Å². The molecule has 0 radical (unpaired) electrons. The lowest BCUT2D eigenvalue weighted by molar-refractivity contribution is 0.563. The molecule has 0 bridgehead atoms. The SMILES string of the molecule is CN=C(NCCc1ccc(I)s1)NCc1ccoc1.I. The van der Waals surface area contributed by atoms with E-state index in [-0.39, 0.29) is 24.0 Å². The molecule has 0 aliphatic heterocycles. The van der Waals surface area contributed by atoms with Gasteiger partial charge in [-0.3, -0.25) is 4.99 Å². The van der Waals surface area contributed by atoms with E-state index in [0.717, 1.165) is 24.5 Å². The molecule has 0 spiro atoms. The molecule has 0 aliphatic rings. The van der Waals surface area contributed by atoms with Gasteiger partial charge >= 0.3 is 0 Å². The molecule has 4 nitrogen and oxygen atoms in total.